The third-order valence-corrected chi connectivity index (χ3v) is 5.58. The molecule has 2 aromatic rings. The summed E-state index contributed by atoms with van der Waals surface area (Å²) in [7, 11) is 0. The van der Waals surface area contributed by atoms with E-state index < -0.39 is 0 Å². The van der Waals surface area contributed by atoms with Gasteiger partial charge in [0, 0.05) is 30.8 Å². The minimum Gasteiger partial charge on any atom is -0.339 e. The molecule has 0 saturated carbocycles. The zero-order valence-corrected chi connectivity index (χ0v) is 16.9. The van der Waals surface area contributed by atoms with Crippen LogP contribution in [0.15, 0.2) is 48.5 Å². The van der Waals surface area contributed by atoms with Crippen molar-refractivity contribution in [1.29, 1.82) is 0 Å². The first-order valence-corrected chi connectivity index (χ1v) is 10.3. The summed E-state index contributed by atoms with van der Waals surface area (Å²) in [4.78, 5) is 26.4. The van der Waals surface area contributed by atoms with E-state index in [1.807, 2.05) is 30.0 Å². The van der Waals surface area contributed by atoms with Gasteiger partial charge in [-0.25, -0.2) is 0 Å². The van der Waals surface area contributed by atoms with Gasteiger partial charge in [-0.15, -0.1) is 0 Å². The molecule has 3 rings (SSSR count). The monoisotopic (exact) mass is 378 g/mol. The molecule has 0 radical (unpaired) electrons. The quantitative estimate of drug-likeness (QED) is 0.783. The van der Waals surface area contributed by atoms with Gasteiger partial charge in [0.25, 0.3) is 5.91 Å². The van der Waals surface area contributed by atoms with Crippen molar-refractivity contribution in [3.8, 4) is 0 Å². The van der Waals surface area contributed by atoms with Gasteiger partial charge in [-0.2, -0.15) is 0 Å². The standard InChI is InChI=1S/C24H30N2O2/c1-3-23(27)25-22-6-4-5-21(17-22)24(28)26-15-13-20(14-16-26)12-11-19-9-7-18(2)8-10-19/h4-10,17,20H,3,11-16H2,1-2H3,(H,25,27). The zero-order valence-electron chi connectivity index (χ0n) is 16.9. The van der Waals surface area contributed by atoms with Crippen molar-refractivity contribution < 1.29 is 9.59 Å². The zero-order chi connectivity index (χ0) is 19.9. The summed E-state index contributed by atoms with van der Waals surface area (Å²) in [6.45, 7) is 5.54. The number of hydrogen-bond acceptors (Lipinski definition) is 2. The van der Waals surface area contributed by atoms with E-state index in [1.165, 1.54) is 17.5 Å². The van der Waals surface area contributed by atoms with Crippen molar-refractivity contribution in [3.63, 3.8) is 0 Å². The predicted molar refractivity (Wildman–Crippen MR) is 113 cm³/mol. The van der Waals surface area contributed by atoms with Crippen LogP contribution >= 0.6 is 0 Å². The van der Waals surface area contributed by atoms with Crippen molar-refractivity contribution >= 4 is 17.5 Å². The Labute approximate surface area is 167 Å². The Kier molecular flexibility index (Phi) is 6.85. The topological polar surface area (TPSA) is 49.4 Å². The molecule has 1 N–H and O–H groups in total. The maximum absolute atomic E-state index is 12.8. The molecule has 2 amide bonds. The number of aryl methyl sites for hydroxylation is 2. The number of amides is 2. The molecule has 1 saturated heterocycles. The molecule has 0 bridgehead atoms. The van der Waals surface area contributed by atoms with Crippen molar-refractivity contribution in [3.05, 3.63) is 65.2 Å². The largest absolute Gasteiger partial charge is 0.339 e. The molecule has 1 fully saturated rings. The normalized spacial score (nSPS) is 14.7. The smallest absolute Gasteiger partial charge is 0.253 e. The molecule has 0 atom stereocenters. The van der Waals surface area contributed by atoms with Crippen molar-refractivity contribution in [2.24, 2.45) is 5.92 Å². The first kappa shape index (κ1) is 20.1. The molecular weight excluding hydrogens is 348 g/mol. The van der Waals surface area contributed by atoms with Crippen LogP contribution < -0.4 is 5.32 Å². The van der Waals surface area contributed by atoms with Crippen molar-refractivity contribution in [2.45, 2.75) is 46.0 Å². The Morgan fingerprint density at radius 2 is 1.79 bits per heavy atom. The number of hydrogen-bond donors (Lipinski definition) is 1. The SMILES string of the molecule is CCC(=O)Nc1cccc(C(=O)N2CCC(CCc3ccc(C)cc3)CC2)c1. The fraction of sp³-hybridized carbons (Fsp3) is 0.417. The number of likely N-dealkylation sites (tertiary alicyclic amines) is 1. The molecule has 2 aromatic carbocycles. The van der Waals surface area contributed by atoms with Crippen LogP contribution in [-0.2, 0) is 11.2 Å². The summed E-state index contributed by atoms with van der Waals surface area (Å²) >= 11 is 0. The third kappa shape index (κ3) is 5.44. The van der Waals surface area contributed by atoms with E-state index in [1.54, 1.807) is 6.07 Å². The number of nitrogens with zero attached hydrogens (tertiary/aromatic N) is 1. The first-order valence-electron chi connectivity index (χ1n) is 10.3. The number of nitrogens with one attached hydrogen (secondary N) is 1. The first-order chi connectivity index (χ1) is 13.5. The number of benzene rings is 2. The van der Waals surface area contributed by atoms with Gasteiger partial charge >= 0.3 is 0 Å². The number of carbonyl (C=O) groups excluding carboxylic acids is 2. The highest BCUT2D eigenvalue weighted by Crippen LogP contribution is 2.24. The Morgan fingerprint density at radius 3 is 2.46 bits per heavy atom. The molecule has 0 aromatic heterocycles. The van der Waals surface area contributed by atoms with Gasteiger partial charge < -0.3 is 10.2 Å². The predicted octanol–water partition coefficient (Wildman–Crippen LogP) is 4.83. The number of rotatable bonds is 6. The van der Waals surface area contributed by atoms with Crippen LogP contribution in [0, 0.1) is 12.8 Å². The number of anilines is 1. The summed E-state index contributed by atoms with van der Waals surface area (Å²) in [6.07, 6.45) is 4.84. The number of carbonyl (C=O) groups is 2. The van der Waals surface area contributed by atoms with Crippen molar-refractivity contribution in [2.75, 3.05) is 18.4 Å². The van der Waals surface area contributed by atoms with Gasteiger partial charge in [-0.05, 0) is 62.3 Å². The minimum absolute atomic E-state index is 0.0426. The second-order valence-electron chi connectivity index (χ2n) is 7.74. The Morgan fingerprint density at radius 1 is 1.07 bits per heavy atom. The second-order valence-corrected chi connectivity index (χ2v) is 7.74. The van der Waals surface area contributed by atoms with Crippen LogP contribution in [0.3, 0.4) is 0 Å². The van der Waals surface area contributed by atoms with E-state index in [0.29, 0.717) is 23.6 Å². The van der Waals surface area contributed by atoms with Gasteiger partial charge in [-0.1, -0.05) is 42.8 Å². The van der Waals surface area contributed by atoms with E-state index >= 15 is 0 Å². The highest BCUT2D eigenvalue weighted by Gasteiger charge is 2.23. The van der Waals surface area contributed by atoms with Crippen LogP contribution in [-0.4, -0.2) is 29.8 Å². The summed E-state index contributed by atoms with van der Waals surface area (Å²) < 4.78 is 0. The fourth-order valence-corrected chi connectivity index (χ4v) is 3.71. The fourth-order valence-electron chi connectivity index (χ4n) is 3.71. The second kappa shape index (κ2) is 9.54. The Bertz CT molecular complexity index is 806. The molecule has 1 aliphatic rings. The van der Waals surface area contributed by atoms with Gasteiger partial charge in [0.05, 0.1) is 0 Å². The lowest BCUT2D eigenvalue weighted by molar-refractivity contribution is -0.115. The van der Waals surface area contributed by atoms with Crippen LogP contribution in [0.2, 0.25) is 0 Å². The van der Waals surface area contributed by atoms with E-state index in [-0.39, 0.29) is 11.8 Å². The van der Waals surface area contributed by atoms with Crippen molar-refractivity contribution in [1.82, 2.24) is 4.90 Å². The minimum atomic E-state index is -0.0426. The summed E-state index contributed by atoms with van der Waals surface area (Å²) in [6, 6.07) is 16.0. The maximum Gasteiger partial charge on any atom is 0.253 e. The number of piperidine rings is 1. The third-order valence-electron chi connectivity index (χ3n) is 5.58. The van der Waals surface area contributed by atoms with Gasteiger partial charge in [0.2, 0.25) is 5.91 Å². The molecule has 1 aliphatic heterocycles. The summed E-state index contributed by atoms with van der Waals surface area (Å²) in [5.41, 5.74) is 4.03. The van der Waals surface area contributed by atoms with E-state index in [9.17, 15) is 9.59 Å². The Hall–Kier alpha value is -2.62. The van der Waals surface area contributed by atoms with Gasteiger partial charge in [-0.3, -0.25) is 9.59 Å². The molecular formula is C24H30N2O2. The van der Waals surface area contributed by atoms with Gasteiger partial charge in [0.1, 0.15) is 0 Å². The highest BCUT2D eigenvalue weighted by molar-refractivity contribution is 5.97. The average Bonchev–Trinajstić information content (AvgIpc) is 2.73. The van der Waals surface area contributed by atoms with Crippen LogP contribution in [0.25, 0.3) is 0 Å². The molecule has 148 valence electrons. The molecule has 0 aliphatic carbocycles. The van der Waals surface area contributed by atoms with Crippen LogP contribution in [0.1, 0.15) is 54.1 Å². The molecule has 4 nitrogen and oxygen atoms in total. The molecule has 1 heterocycles. The van der Waals surface area contributed by atoms with Crippen LogP contribution in [0.5, 0.6) is 0 Å². The highest BCUT2D eigenvalue weighted by atomic mass is 16.2. The lowest BCUT2D eigenvalue weighted by atomic mass is 9.90. The van der Waals surface area contributed by atoms with Gasteiger partial charge in [0.15, 0.2) is 0 Å². The summed E-state index contributed by atoms with van der Waals surface area (Å²) in [5, 5.41) is 2.82. The lowest BCUT2D eigenvalue weighted by Crippen LogP contribution is -2.38. The molecule has 0 spiro atoms. The molecule has 4 heteroatoms. The molecule has 28 heavy (non-hydrogen) atoms. The van der Waals surface area contributed by atoms with Crippen LogP contribution in [0.4, 0.5) is 5.69 Å². The Balaban J connectivity index is 1.50. The average molecular weight is 379 g/mol. The van der Waals surface area contributed by atoms with E-state index in [0.717, 1.165) is 32.4 Å². The summed E-state index contributed by atoms with van der Waals surface area (Å²) in [5.74, 6) is 0.698. The van der Waals surface area contributed by atoms with E-state index in [2.05, 4.69) is 36.5 Å². The maximum atomic E-state index is 12.8. The lowest BCUT2D eigenvalue weighted by Gasteiger charge is -2.32. The molecule has 0 unspecified atom stereocenters. The van der Waals surface area contributed by atoms with E-state index in [4.69, 9.17) is 0 Å².